The van der Waals surface area contributed by atoms with Gasteiger partial charge in [-0.2, -0.15) is 0 Å². The molecule has 0 spiro atoms. The zero-order valence-corrected chi connectivity index (χ0v) is 14.4. The summed E-state index contributed by atoms with van der Waals surface area (Å²) in [6, 6.07) is 0. The minimum absolute atomic E-state index is 0.0884. The summed E-state index contributed by atoms with van der Waals surface area (Å²) in [6.45, 7) is 16.9. The van der Waals surface area contributed by atoms with Gasteiger partial charge >= 0.3 is 11.9 Å². The summed E-state index contributed by atoms with van der Waals surface area (Å²) in [7, 11) is 0. The molecular weight excluding hydrogens is 280 g/mol. The van der Waals surface area contributed by atoms with Gasteiger partial charge in [-0.1, -0.05) is 33.9 Å². The first-order valence-corrected chi connectivity index (χ1v) is 7.68. The van der Waals surface area contributed by atoms with Crippen molar-refractivity contribution in [3.05, 3.63) is 24.3 Å². The minimum atomic E-state index is -0.935. The molecule has 22 heavy (non-hydrogen) atoms. The van der Waals surface area contributed by atoms with Gasteiger partial charge in [0.15, 0.2) is 0 Å². The zero-order chi connectivity index (χ0) is 17.3. The minimum Gasteiger partial charge on any atom is -0.478 e. The van der Waals surface area contributed by atoms with E-state index in [1.54, 1.807) is 6.92 Å². The Morgan fingerprint density at radius 2 is 1.64 bits per heavy atom. The number of rotatable bonds is 3. The highest BCUT2D eigenvalue weighted by Crippen LogP contribution is 2.66. The van der Waals surface area contributed by atoms with E-state index in [4.69, 9.17) is 9.84 Å². The van der Waals surface area contributed by atoms with Crippen LogP contribution in [0.25, 0.3) is 0 Å². The van der Waals surface area contributed by atoms with Crippen LogP contribution in [0.4, 0.5) is 0 Å². The molecule has 0 aromatic rings. The molecule has 4 heteroatoms. The van der Waals surface area contributed by atoms with Crippen molar-refractivity contribution in [1.29, 1.82) is 0 Å². The molecule has 0 aromatic carbocycles. The number of carbonyl (C=O) groups is 2. The number of hydrogen-bond acceptors (Lipinski definition) is 3. The van der Waals surface area contributed by atoms with Gasteiger partial charge in [-0.05, 0) is 44.4 Å². The lowest BCUT2D eigenvalue weighted by atomic mass is 9.70. The monoisotopic (exact) mass is 308 g/mol. The first kappa shape index (κ1) is 18.5. The molecule has 2 fully saturated rings. The maximum atomic E-state index is 11.6. The Bertz CT molecular complexity index is 491. The lowest BCUT2D eigenvalue weighted by Gasteiger charge is -2.38. The second kappa shape index (κ2) is 6.27. The fourth-order valence-electron chi connectivity index (χ4n) is 3.54. The third kappa shape index (κ3) is 3.26. The molecule has 0 radical (unpaired) electrons. The molecule has 2 saturated carbocycles. The summed E-state index contributed by atoms with van der Waals surface area (Å²) in [4.78, 5) is 21.2. The molecule has 2 bridgehead atoms. The molecule has 2 rings (SSSR count). The number of fused-ring (bicyclic) bond motifs is 2. The average molecular weight is 308 g/mol. The SMILES string of the molecule is C=C(C)C(=O)O.C=C(C)C(=O)OC1C[C@H]2CC[C@@]1(C)C2(C)C. The van der Waals surface area contributed by atoms with Crippen LogP contribution in [0.15, 0.2) is 24.3 Å². The fraction of sp³-hybridized carbons (Fsp3) is 0.667. The van der Waals surface area contributed by atoms with Crippen molar-refractivity contribution in [1.82, 2.24) is 0 Å². The molecule has 0 heterocycles. The van der Waals surface area contributed by atoms with Crippen molar-refractivity contribution in [2.75, 3.05) is 0 Å². The van der Waals surface area contributed by atoms with Gasteiger partial charge in [0, 0.05) is 16.6 Å². The molecule has 124 valence electrons. The highest BCUT2D eigenvalue weighted by Gasteiger charge is 2.62. The van der Waals surface area contributed by atoms with Crippen molar-refractivity contribution in [2.45, 2.75) is 60.0 Å². The second-order valence-corrected chi connectivity index (χ2v) is 7.37. The highest BCUT2D eigenvalue weighted by atomic mass is 16.5. The predicted molar refractivity (Wildman–Crippen MR) is 86.4 cm³/mol. The summed E-state index contributed by atoms with van der Waals surface area (Å²) in [6.07, 6.45) is 3.58. The number of esters is 1. The first-order valence-electron chi connectivity index (χ1n) is 7.68. The molecule has 0 aromatic heterocycles. The molecule has 0 saturated heterocycles. The maximum Gasteiger partial charge on any atom is 0.333 e. The van der Waals surface area contributed by atoms with Crippen LogP contribution in [-0.2, 0) is 14.3 Å². The molecule has 1 N–H and O–H groups in total. The molecular formula is C18H28O4. The van der Waals surface area contributed by atoms with E-state index in [1.807, 2.05) is 0 Å². The van der Waals surface area contributed by atoms with Crippen LogP contribution in [0.1, 0.15) is 53.9 Å². The van der Waals surface area contributed by atoms with Crippen LogP contribution in [0.5, 0.6) is 0 Å². The molecule has 4 nitrogen and oxygen atoms in total. The predicted octanol–water partition coefficient (Wildman–Crippen LogP) is 3.97. The van der Waals surface area contributed by atoms with Crippen LogP contribution in [0.2, 0.25) is 0 Å². The quantitative estimate of drug-likeness (QED) is 0.633. The van der Waals surface area contributed by atoms with E-state index in [9.17, 15) is 9.59 Å². The molecule has 1 unspecified atom stereocenters. The fourth-order valence-corrected chi connectivity index (χ4v) is 3.54. The van der Waals surface area contributed by atoms with Gasteiger partial charge in [0.2, 0.25) is 0 Å². The number of carboxylic acid groups (broad SMARTS) is 1. The van der Waals surface area contributed by atoms with Crippen LogP contribution in [0.3, 0.4) is 0 Å². The Balaban J connectivity index is 0.000000346. The molecule has 0 aliphatic heterocycles. The van der Waals surface area contributed by atoms with E-state index < -0.39 is 5.97 Å². The number of hydrogen-bond donors (Lipinski definition) is 1. The van der Waals surface area contributed by atoms with E-state index in [1.165, 1.54) is 19.8 Å². The van der Waals surface area contributed by atoms with Crippen LogP contribution < -0.4 is 0 Å². The van der Waals surface area contributed by atoms with Crippen molar-refractivity contribution in [3.63, 3.8) is 0 Å². The Hall–Kier alpha value is -1.58. The van der Waals surface area contributed by atoms with Gasteiger partial charge in [0.05, 0.1) is 0 Å². The average Bonchev–Trinajstić information content (AvgIpc) is 2.72. The van der Waals surface area contributed by atoms with Gasteiger partial charge in [0.1, 0.15) is 6.10 Å². The third-order valence-corrected chi connectivity index (χ3v) is 5.68. The summed E-state index contributed by atoms with van der Waals surface area (Å²) < 4.78 is 5.61. The smallest absolute Gasteiger partial charge is 0.333 e. The molecule has 2 aliphatic rings. The Morgan fingerprint density at radius 1 is 1.14 bits per heavy atom. The van der Waals surface area contributed by atoms with Gasteiger partial charge in [0.25, 0.3) is 0 Å². The third-order valence-electron chi connectivity index (χ3n) is 5.68. The van der Waals surface area contributed by atoms with Crippen LogP contribution in [0, 0.1) is 16.7 Å². The largest absolute Gasteiger partial charge is 0.478 e. The standard InChI is InChI=1S/C14H22O2.C4H6O2/c1-9(2)12(15)16-11-8-10-6-7-14(11,5)13(10,3)4;1-3(2)4(5)6/h10-11H,1,6-8H2,2-5H3;1H2,2H3,(H,5,6)/t10-,11?,14-;/m1./s1. The zero-order valence-electron chi connectivity index (χ0n) is 14.4. The lowest BCUT2D eigenvalue weighted by Crippen LogP contribution is -2.38. The lowest BCUT2D eigenvalue weighted by molar-refractivity contribution is -0.151. The number of ether oxygens (including phenoxy) is 1. The summed E-state index contributed by atoms with van der Waals surface area (Å²) in [5.74, 6) is -0.454. The van der Waals surface area contributed by atoms with E-state index in [-0.39, 0.29) is 23.1 Å². The Kier molecular flexibility index (Phi) is 5.26. The highest BCUT2D eigenvalue weighted by molar-refractivity contribution is 5.87. The summed E-state index contributed by atoms with van der Waals surface area (Å²) in [5, 5.41) is 7.89. The van der Waals surface area contributed by atoms with Gasteiger partial charge in [-0.25, -0.2) is 9.59 Å². The molecule has 0 amide bonds. The molecule has 3 atom stereocenters. The Labute approximate surface area is 133 Å². The molecule has 2 aliphatic carbocycles. The van der Waals surface area contributed by atoms with Gasteiger partial charge < -0.3 is 9.84 Å². The van der Waals surface area contributed by atoms with Crippen molar-refractivity contribution in [2.24, 2.45) is 16.7 Å². The summed E-state index contributed by atoms with van der Waals surface area (Å²) in [5.41, 5.74) is 1.13. The van der Waals surface area contributed by atoms with E-state index in [2.05, 4.69) is 33.9 Å². The first-order chi connectivity index (χ1) is 9.93. The van der Waals surface area contributed by atoms with Crippen molar-refractivity contribution >= 4 is 11.9 Å². The normalized spacial score (nSPS) is 31.0. The van der Waals surface area contributed by atoms with E-state index in [0.717, 1.165) is 6.42 Å². The van der Waals surface area contributed by atoms with Crippen LogP contribution in [-0.4, -0.2) is 23.1 Å². The Morgan fingerprint density at radius 3 is 1.91 bits per heavy atom. The van der Waals surface area contributed by atoms with Gasteiger partial charge in [-0.15, -0.1) is 0 Å². The number of aliphatic carboxylic acids is 1. The maximum absolute atomic E-state index is 11.6. The number of carbonyl (C=O) groups excluding carboxylic acids is 1. The van der Waals surface area contributed by atoms with Crippen LogP contribution >= 0.6 is 0 Å². The second-order valence-electron chi connectivity index (χ2n) is 7.37. The topological polar surface area (TPSA) is 63.6 Å². The van der Waals surface area contributed by atoms with E-state index >= 15 is 0 Å². The van der Waals surface area contributed by atoms with Gasteiger partial charge in [-0.3, -0.25) is 0 Å². The number of carboxylic acids is 1. The van der Waals surface area contributed by atoms with Crippen molar-refractivity contribution < 1.29 is 19.4 Å². The van der Waals surface area contributed by atoms with E-state index in [0.29, 0.717) is 16.9 Å². The van der Waals surface area contributed by atoms with Crippen molar-refractivity contribution in [3.8, 4) is 0 Å². The summed E-state index contributed by atoms with van der Waals surface area (Å²) >= 11 is 0.